The summed E-state index contributed by atoms with van der Waals surface area (Å²) in [6, 6.07) is 8.71. The Kier molecular flexibility index (Phi) is 6.23. The van der Waals surface area contributed by atoms with Crippen molar-refractivity contribution in [2.24, 2.45) is 0 Å². The Balaban J connectivity index is 2.04. The predicted molar refractivity (Wildman–Crippen MR) is 115 cm³/mol. The third kappa shape index (κ3) is 4.08. The van der Waals surface area contributed by atoms with Crippen molar-refractivity contribution in [1.29, 1.82) is 0 Å². The Bertz CT molecular complexity index is 1190. The number of hydrogen-bond acceptors (Lipinski definition) is 6. The molecule has 30 heavy (non-hydrogen) atoms. The summed E-state index contributed by atoms with van der Waals surface area (Å²) in [4.78, 5) is 16.5. The molecule has 0 aliphatic heterocycles. The van der Waals surface area contributed by atoms with Crippen molar-refractivity contribution in [3.63, 3.8) is 0 Å². The number of ether oxygens (including phenoxy) is 1. The summed E-state index contributed by atoms with van der Waals surface area (Å²) < 4.78 is 45.9. The van der Waals surface area contributed by atoms with Gasteiger partial charge in [0.25, 0.3) is 10.0 Å². The summed E-state index contributed by atoms with van der Waals surface area (Å²) in [5, 5.41) is 2.22. The van der Waals surface area contributed by atoms with Gasteiger partial charge in [-0.1, -0.05) is 0 Å². The summed E-state index contributed by atoms with van der Waals surface area (Å²) in [5.74, 6) is -0.688. The van der Waals surface area contributed by atoms with Gasteiger partial charge in [0.15, 0.2) is 5.82 Å². The van der Waals surface area contributed by atoms with Crippen molar-refractivity contribution in [2.45, 2.75) is 25.7 Å². The average Bonchev–Trinajstić information content (AvgIpc) is 3.19. The number of aryl methyl sites for hydroxylation is 1. The number of benzene rings is 2. The summed E-state index contributed by atoms with van der Waals surface area (Å²) in [6.45, 7) is 5.34. The lowest BCUT2D eigenvalue weighted by Gasteiger charge is -2.21. The molecule has 0 fully saturated rings. The molecule has 0 N–H and O–H groups in total. The molecule has 1 aromatic heterocycles. The highest BCUT2D eigenvalue weighted by molar-refractivity contribution is 7.92. The van der Waals surface area contributed by atoms with Gasteiger partial charge in [0, 0.05) is 17.5 Å². The number of hydrogen-bond donors (Lipinski definition) is 0. The van der Waals surface area contributed by atoms with Crippen LogP contribution in [0.3, 0.4) is 0 Å². The molecule has 0 atom stereocenters. The van der Waals surface area contributed by atoms with Crippen molar-refractivity contribution in [1.82, 2.24) is 4.98 Å². The van der Waals surface area contributed by atoms with E-state index < -0.39 is 16.0 Å². The van der Waals surface area contributed by atoms with Gasteiger partial charge in [-0.15, -0.1) is 11.3 Å². The average molecular weight is 449 g/mol. The Labute approximate surface area is 179 Å². The Morgan fingerprint density at radius 1 is 1.20 bits per heavy atom. The van der Waals surface area contributed by atoms with E-state index in [0.717, 1.165) is 0 Å². The largest absolute Gasteiger partial charge is 0.465 e. The van der Waals surface area contributed by atoms with Gasteiger partial charge in [-0.3, -0.25) is 0 Å². The zero-order chi connectivity index (χ0) is 22.1. The maximum atomic E-state index is 13.4. The molecule has 3 aromatic rings. The highest BCUT2D eigenvalue weighted by Gasteiger charge is 2.28. The van der Waals surface area contributed by atoms with Crippen LogP contribution in [0.5, 0.6) is 0 Å². The van der Waals surface area contributed by atoms with Crippen LogP contribution < -0.4 is 4.31 Å². The fourth-order valence-electron chi connectivity index (χ4n) is 2.98. The monoisotopic (exact) mass is 448 g/mol. The quantitative estimate of drug-likeness (QED) is 0.517. The Morgan fingerprint density at radius 2 is 1.87 bits per heavy atom. The van der Waals surface area contributed by atoms with Crippen LogP contribution in [0.1, 0.15) is 28.4 Å². The summed E-state index contributed by atoms with van der Waals surface area (Å²) >= 11 is 1.27. The lowest BCUT2D eigenvalue weighted by Crippen LogP contribution is -2.31. The van der Waals surface area contributed by atoms with Crippen LogP contribution in [0.15, 0.2) is 46.7 Å². The minimum atomic E-state index is -3.97. The van der Waals surface area contributed by atoms with Crippen LogP contribution in [0.4, 0.5) is 10.2 Å². The maximum absolute atomic E-state index is 13.4. The first kappa shape index (κ1) is 21.9. The number of esters is 1. The maximum Gasteiger partial charge on any atom is 0.338 e. The van der Waals surface area contributed by atoms with Crippen LogP contribution in [0.25, 0.3) is 10.6 Å². The number of thiazole rings is 1. The molecule has 0 aliphatic carbocycles. The van der Waals surface area contributed by atoms with Crippen molar-refractivity contribution in [3.8, 4) is 10.6 Å². The Hall–Kier alpha value is -2.78. The number of aromatic nitrogens is 1. The third-order valence-electron chi connectivity index (χ3n) is 4.76. The van der Waals surface area contributed by atoms with Gasteiger partial charge in [0.05, 0.1) is 17.6 Å². The molecule has 0 amide bonds. The molecular formula is C21H21FN2O4S2. The summed E-state index contributed by atoms with van der Waals surface area (Å²) in [6.07, 6.45) is 0. The number of sulfonamides is 1. The van der Waals surface area contributed by atoms with Gasteiger partial charge in [0.1, 0.15) is 10.8 Å². The second-order valence-corrected chi connectivity index (χ2v) is 9.31. The van der Waals surface area contributed by atoms with E-state index in [9.17, 15) is 17.6 Å². The number of halogens is 1. The van der Waals surface area contributed by atoms with Crippen LogP contribution in [0.2, 0.25) is 0 Å². The number of rotatable bonds is 6. The number of nitrogens with zero attached hydrogens (tertiary/aromatic N) is 2. The molecule has 0 saturated carbocycles. The first-order chi connectivity index (χ1) is 14.2. The second kappa shape index (κ2) is 8.53. The van der Waals surface area contributed by atoms with Gasteiger partial charge >= 0.3 is 5.97 Å². The van der Waals surface area contributed by atoms with E-state index in [0.29, 0.717) is 21.7 Å². The molecule has 0 radical (unpaired) electrons. The number of carbonyl (C=O) groups excluding carboxylic acids is 1. The lowest BCUT2D eigenvalue weighted by atomic mass is 10.0. The summed E-state index contributed by atoms with van der Waals surface area (Å²) in [7, 11) is -2.72. The SMILES string of the molecule is CCN(c1csc(-c2ccc(F)cc2)n1)S(=O)(=O)c1cc(C)c(C)c(C(=O)OC)c1. The van der Waals surface area contributed by atoms with Gasteiger partial charge in [-0.2, -0.15) is 0 Å². The molecule has 1 heterocycles. The second-order valence-electron chi connectivity index (χ2n) is 6.59. The third-order valence-corrected chi connectivity index (χ3v) is 7.50. The molecular weight excluding hydrogens is 427 g/mol. The van der Waals surface area contributed by atoms with Crippen LogP contribution in [0, 0.1) is 19.7 Å². The van der Waals surface area contributed by atoms with E-state index in [1.165, 1.54) is 47.0 Å². The molecule has 158 valence electrons. The van der Waals surface area contributed by atoms with Gasteiger partial charge < -0.3 is 4.74 Å². The van der Waals surface area contributed by atoms with E-state index in [2.05, 4.69) is 4.98 Å². The van der Waals surface area contributed by atoms with Crippen molar-refractivity contribution >= 4 is 33.1 Å². The molecule has 0 unspecified atom stereocenters. The van der Waals surface area contributed by atoms with Crippen LogP contribution in [-0.4, -0.2) is 33.0 Å². The zero-order valence-electron chi connectivity index (χ0n) is 17.0. The van der Waals surface area contributed by atoms with Crippen molar-refractivity contribution in [2.75, 3.05) is 18.0 Å². The van der Waals surface area contributed by atoms with Gasteiger partial charge in [-0.25, -0.2) is 26.9 Å². The minimum Gasteiger partial charge on any atom is -0.465 e. The first-order valence-electron chi connectivity index (χ1n) is 9.12. The Morgan fingerprint density at radius 3 is 2.47 bits per heavy atom. The summed E-state index contributed by atoms with van der Waals surface area (Å²) in [5.41, 5.74) is 2.23. The van der Waals surface area contributed by atoms with E-state index in [-0.39, 0.29) is 28.6 Å². The van der Waals surface area contributed by atoms with Gasteiger partial charge in [-0.05, 0) is 68.3 Å². The smallest absolute Gasteiger partial charge is 0.338 e. The molecule has 0 spiro atoms. The van der Waals surface area contributed by atoms with E-state index >= 15 is 0 Å². The zero-order valence-corrected chi connectivity index (χ0v) is 18.6. The molecule has 3 rings (SSSR count). The number of anilines is 1. The predicted octanol–water partition coefficient (Wildman–Crippen LogP) is 4.57. The van der Waals surface area contributed by atoms with E-state index in [1.54, 1.807) is 38.3 Å². The van der Waals surface area contributed by atoms with Gasteiger partial charge in [0.2, 0.25) is 0 Å². The lowest BCUT2D eigenvalue weighted by molar-refractivity contribution is 0.0599. The minimum absolute atomic E-state index is 0.0100. The van der Waals surface area contributed by atoms with E-state index in [4.69, 9.17) is 4.74 Å². The number of carbonyl (C=O) groups is 1. The highest BCUT2D eigenvalue weighted by atomic mass is 32.2. The fourth-order valence-corrected chi connectivity index (χ4v) is 5.39. The van der Waals surface area contributed by atoms with Crippen LogP contribution >= 0.6 is 11.3 Å². The molecule has 0 bridgehead atoms. The molecule has 6 nitrogen and oxygen atoms in total. The fraction of sp³-hybridized carbons (Fsp3) is 0.238. The highest BCUT2D eigenvalue weighted by Crippen LogP contribution is 2.31. The van der Waals surface area contributed by atoms with Crippen LogP contribution in [-0.2, 0) is 14.8 Å². The van der Waals surface area contributed by atoms with Crippen molar-refractivity contribution < 1.29 is 22.3 Å². The van der Waals surface area contributed by atoms with Crippen molar-refractivity contribution in [3.05, 3.63) is 64.3 Å². The standard InChI is InChI=1S/C21H21FN2O4S2/c1-5-24(19-12-29-20(23-19)15-6-8-16(22)9-7-15)30(26,27)17-10-13(2)14(3)18(11-17)21(25)28-4/h6-12H,5H2,1-4H3. The normalized spacial score (nSPS) is 11.4. The van der Waals surface area contributed by atoms with E-state index in [1.807, 2.05) is 0 Å². The topological polar surface area (TPSA) is 76.6 Å². The first-order valence-corrected chi connectivity index (χ1v) is 11.4. The number of methoxy groups -OCH3 is 1. The molecule has 2 aromatic carbocycles. The molecule has 9 heteroatoms. The molecule has 0 aliphatic rings. The molecule has 0 saturated heterocycles.